The fraction of sp³-hybridized carbons (Fsp3) is 0.529. The molecule has 5 nitrogen and oxygen atoms in total. The van der Waals surface area contributed by atoms with Crippen LogP contribution in [-0.4, -0.2) is 23.9 Å². The van der Waals surface area contributed by atoms with Gasteiger partial charge >= 0.3 is 0 Å². The minimum atomic E-state index is -0.339. The third-order valence-electron chi connectivity index (χ3n) is 4.30. The number of nitrogens with two attached hydrogens (primary N) is 1. The molecule has 22 heavy (non-hydrogen) atoms. The van der Waals surface area contributed by atoms with Crippen molar-refractivity contribution < 1.29 is 9.59 Å². The standard InChI is InChI=1S/C17H25N3O2/c1-12(21)19-15(13-6-4-3-5-7-13)10-16(22)20-17(2,11-18)14-8-9-14/h3-7,14-15H,8-11,18H2,1-2H3,(H,19,21)(H,20,22). The molecular formula is C17H25N3O2. The maximum Gasteiger partial charge on any atom is 0.222 e. The molecule has 0 heterocycles. The number of carbonyl (C=O) groups excluding carboxylic acids is 2. The zero-order valence-corrected chi connectivity index (χ0v) is 13.3. The number of hydrogen-bond acceptors (Lipinski definition) is 3. The van der Waals surface area contributed by atoms with E-state index < -0.39 is 0 Å². The summed E-state index contributed by atoms with van der Waals surface area (Å²) in [6, 6.07) is 9.22. The molecule has 1 saturated carbocycles. The molecule has 1 fully saturated rings. The van der Waals surface area contributed by atoms with Crippen molar-refractivity contribution in [2.45, 2.75) is 44.7 Å². The number of carbonyl (C=O) groups is 2. The molecule has 0 saturated heterocycles. The van der Waals surface area contributed by atoms with Gasteiger partial charge in [-0.05, 0) is 31.2 Å². The summed E-state index contributed by atoms with van der Waals surface area (Å²) in [6.45, 7) is 3.89. The van der Waals surface area contributed by atoms with Crippen LogP contribution in [0.2, 0.25) is 0 Å². The van der Waals surface area contributed by atoms with Crippen molar-refractivity contribution in [2.75, 3.05) is 6.54 Å². The van der Waals surface area contributed by atoms with Crippen LogP contribution < -0.4 is 16.4 Å². The monoisotopic (exact) mass is 303 g/mol. The summed E-state index contributed by atoms with van der Waals surface area (Å²) in [5.41, 5.74) is 6.42. The Labute approximate surface area is 131 Å². The van der Waals surface area contributed by atoms with Gasteiger partial charge in [0.05, 0.1) is 18.0 Å². The Morgan fingerprint density at radius 2 is 1.95 bits per heavy atom. The van der Waals surface area contributed by atoms with Crippen LogP contribution in [0.3, 0.4) is 0 Å². The van der Waals surface area contributed by atoms with Crippen molar-refractivity contribution in [3.05, 3.63) is 35.9 Å². The van der Waals surface area contributed by atoms with E-state index in [-0.39, 0.29) is 29.8 Å². The van der Waals surface area contributed by atoms with E-state index in [1.165, 1.54) is 6.92 Å². The maximum absolute atomic E-state index is 12.4. The second kappa shape index (κ2) is 6.92. The molecule has 0 aliphatic heterocycles. The zero-order valence-electron chi connectivity index (χ0n) is 13.3. The fourth-order valence-corrected chi connectivity index (χ4v) is 2.78. The van der Waals surface area contributed by atoms with Crippen LogP contribution in [0.4, 0.5) is 0 Å². The van der Waals surface area contributed by atoms with Crippen molar-refractivity contribution in [1.29, 1.82) is 0 Å². The maximum atomic E-state index is 12.4. The Kier molecular flexibility index (Phi) is 5.19. The van der Waals surface area contributed by atoms with Gasteiger partial charge in [0.25, 0.3) is 0 Å². The van der Waals surface area contributed by atoms with Gasteiger partial charge < -0.3 is 16.4 Å². The van der Waals surface area contributed by atoms with Crippen molar-refractivity contribution in [1.82, 2.24) is 10.6 Å². The van der Waals surface area contributed by atoms with Gasteiger partial charge in [-0.1, -0.05) is 30.3 Å². The molecule has 0 bridgehead atoms. The molecule has 2 unspecified atom stereocenters. The highest BCUT2D eigenvalue weighted by Gasteiger charge is 2.41. The van der Waals surface area contributed by atoms with Gasteiger partial charge in [-0.3, -0.25) is 9.59 Å². The lowest BCUT2D eigenvalue weighted by Crippen LogP contribution is -2.53. The third kappa shape index (κ3) is 4.31. The summed E-state index contributed by atoms with van der Waals surface area (Å²) in [4.78, 5) is 23.8. The second-order valence-corrected chi connectivity index (χ2v) is 6.31. The predicted molar refractivity (Wildman–Crippen MR) is 85.9 cm³/mol. The molecule has 0 spiro atoms. The van der Waals surface area contributed by atoms with Gasteiger partial charge in [-0.25, -0.2) is 0 Å². The smallest absolute Gasteiger partial charge is 0.222 e. The molecule has 1 aromatic carbocycles. The van der Waals surface area contributed by atoms with Crippen LogP contribution in [0.25, 0.3) is 0 Å². The predicted octanol–water partition coefficient (Wildman–Crippen LogP) is 1.50. The van der Waals surface area contributed by atoms with Gasteiger partial charge in [-0.15, -0.1) is 0 Å². The first-order valence-electron chi connectivity index (χ1n) is 7.78. The van der Waals surface area contributed by atoms with E-state index in [0.29, 0.717) is 12.5 Å². The number of amides is 2. The lowest BCUT2D eigenvalue weighted by Gasteiger charge is -2.30. The van der Waals surface area contributed by atoms with Crippen LogP contribution >= 0.6 is 0 Å². The van der Waals surface area contributed by atoms with Crippen molar-refractivity contribution in [3.63, 3.8) is 0 Å². The van der Waals surface area contributed by atoms with Gasteiger partial charge in [-0.2, -0.15) is 0 Å². The molecule has 0 aromatic heterocycles. The lowest BCUT2D eigenvalue weighted by atomic mass is 9.95. The third-order valence-corrected chi connectivity index (χ3v) is 4.30. The van der Waals surface area contributed by atoms with Crippen LogP contribution in [-0.2, 0) is 9.59 Å². The first-order valence-corrected chi connectivity index (χ1v) is 7.78. The highest BCUT2D eigenvalue weighted by atomic mass is 16.2. The highest BCUT2D eigenvalue weighted by molar-refractivity contribution is 5.79. The molecule has 4 N–H and O–H groups in total. The van der Waals surface area contributed by atoms with Gasteiger partial charge in [0, 0.05) is 13.5 Å². The van der Waals surface area contributed by atoms with E-state index in [9.17, 15) is 9.59 Å². The van der Waals surface area contributed by atoms with E-state index >= 15 is 0 Å². The number of hydrogen-bond donors (Lipinski definition) is 3. The zero-order chi connectivity index (χ0) is 16.2. The molecule has 0 radical (unpaired) electrons. The van der Waals surface area contributed by atoms with E-state index in [4.69, 9.17) is 5.73 Å². The largest absolute Gasteiger partial charge is 0.349 e. The first-order chi connectivity index (χ1) is 10.4. The summed E-state index contributed by atoms with van der Waals surface area (Å²) in [5, 5.41) is 5.91. The first kappa shape index (κ1) is 16.5. The van der Waals surface area contributed by atoms with Gasteiger partial charge in [0.2, 0.25) is 11.8 Å². The minimum absolute atomic E-state index is 0.0811. The number of nitrogens with one attached hydrogen (secondary N) is 2. The Hall–Kier alpha value is -1.88. The quantitative estimate of drug-likeness (QED) is 0.713. The van der Waals surface area contributed by atoms with Crippen molar-refractivity contribution >= 4 is 11.8 Å². The van der Waals surface area contributed by atoms with Crippen LogP contribution in [0.15, 0.2) is 30.3 Å². The summed E-state index contributed by atoms with van der Waals surface area (Å²) in [6.07, 6.45) is 2.44. The SMILES string of the molecule is CC(=O)NC(CC(=O)NC(C)(CN)C1CC1)c1ccccc1. The molecule has 1 aliphatic rings. The minimum Gasteiger partial charge on any atom is -0.349 e. The van der Waals surface area contributed by atoms with E-state index in [1.54, 1.807) is 0 Å². The molecule has 5 heteroatoms. The van der Waals surface area contributed by atoms with Crippen molar-refractivity contribution in [2.24, 2.45) is 11.7 Å². The average Bonchev–Trinajstić information content (AvgIpc) is 3.32. The highest BCUT2D eigenvalue weighted by Crippen LogP contribution is 2.39. The molecule has 2 rings (SSSR count). The summed E-state index contributed by atoms with van der Waals surface area (Å²) < 4.78 is 0. The number of benzene rings is 1. The topological polar surface area (TPSA) is 84.2 Å². The fourth-order valence-electron chi connectivity index (χ4n) is 2.78. The van der Waals surface area contributed by atoms with Crippen LogP contribution in [0, 0.1) is 5.92 Å². The van der Waals surface area contributed by atoms with E-state index in [1.807, 2.05) is 37.3 Å². The summed E-state index contributed by atoms with van der Waals surface area (Å²) in [5.74, 6) is 0.241. The molecule has 2 amide bonds. The Morgan fingerprint density at radius 1 is 1.32 bits per heavy atom. The second-order valence-electron chi connectivity index (χ2n) is 6.31. The number of rotatable bonds is 7. The average molecular weight is 303 g/mol. The van der Waals surface area contributed by atoms with Crippen LogP contribution in [0.5, 0.6) is 0 Å². The van der Waals surface area contributed by atoms with E-state index in [0.717, 1.165) is 18.4 Å². The molecule has 1 aromatic rings. The summed E-state index contributed by atoms with van der Waals surface area (Å²) in [7, 11) is 0. The normalized spacial score (nSPS) is 18.1. The molecule has 120 valence electrons. The molecule has 2 atom stereocenters. The molecule has 1 aliphatic carbocycles. The van der Waals surface area contributed by atoms with Gasteiger partial charge in [0.1, 0.15) is 0 Å². The Morgan fingerprint density at radius 3 is 2.45 bits per heavy atom. The van der Waals surface area contributed by atoms with E-state index in [2.05, 4.69) is 10.6 Å². The Balaban J connectivity index is 2.03. The lowest BCUT2D eigenvalue weighted by molar-refractivity contribution is -0.124. The van der Waals surface area contributed by atoms with Crippen molar-refractivity contribution in [3.8, 4) is 0 Å². The van der Waals surface area contributed by atoms with Crippen LogP contribution in [0.1, 0.15) is 44.7 Å². The summed E-state index contributed by atoms with van der Waals surface area (Å²) >= 11 is 0. The Bertz CT molecular complexity index is 528. The molecular weight excluding hydrogens is 278 g/mol. The van der Waals surface area contributed by atoms with Gasteiger partial charge in [0.15, 0.2) is 0 Å².